The second-order valence-electron chi connectivity index (χ2n) is 3.77. The highest BCUT2D eigenvalue weighted by atomic mass is 35.5. The second kappa shape index (κ2) is 8.53. The van der Waals surface area contributed by atoms with Gasteiger partial charge in [0.1, 0.15) is 0 Å². The van der Waals surface area contributed by atoms with E-state index in [9.17, 15) is 4.79 Å². The molecule has 0 aliphatic heterocycles. The molecule has 0 saturated carbocycles. The highest BCUT2D eigenvalue weighted by Gasteiger charge is 2.09. The van der Waals surface area contributed by atoms with E-state index in [1.54, 1.807) is 18.2 Å². The van der Waals surface area contributed by atoms with E-state index in [0.29, 0.717) is 5.02 Å². The van der Waals surface area contributed by atoms with Crippen LogP contribution in [-0.2, 0) is 0 Å². The Labute approximate surface area is 117 Å². The fourth-order valence-electron chi connectivity index (χ4n) is 1.43. The third-order valence-corrected chi connectivity index (χ3v) is 2.63. The Morgan fingerprint density at radius 1 is 1.21 bits per heavy atom. The Morgan fingerprint density at radius 2 is 1.79 bits per heavy atom. The summed E-state index contributed by atoms with van der Waals surface area (Å²) in [4.78, 5) is 13.0. The first-order valence-corrected chi connectivity index (χ1v) is 6.24. The molecule has 0 aliphatic rings. The first kappa shape index (κ1) is 15.5. The zero-order chi connectivity index (χ0) is 14.1. The van der Waals surface area contributed by atoms with Crippen LogP contribution in [0.1, 0.15) is 5.56 Å². The number of nitrogens with zero attached hydrogens (tertiary/aromatic N) is 1. The first-order chi connectivity index (χ1) is 9.17. The monoisotopic (exact) mass is 284 g/mol. The van der Waals surface area contributed by atoms with Crippen molar-refractivity contribution in [2.45, 2.75) is 0 Å². The fourth-order valence-corrected chi connectivity index (χ4v) is 1.56. The average molecular weight is 285 g/mol. The van der Waals surface area contributed by atoms with E-state index in [2.05, 4.69) is 5.32 Å². The maximum atomic E-state index is 11.7. The zero-order valence-corrected chi connectivity index (χ0v) is 11.2. The molecule has 0 saturated heterocycles. The van der Waals surface area contributed by atoms with Crippen LogP contribution in [0, 0.1) is 0 Å². The van der Waals surface area contributed by atoms with E-state index in [1.165, 1.54) is 11.1 Å². The molecule has 5 nitrogen and oxygen atoms in total. The molecule has 0 atom stereocenters. The Balaban J connectivity index is 2.49. The van der Waals surface area contributed by atoms with Crippen LogP contribution < -0.4 is 5.32 Å². The fraction of sp³-hybridized carbons (Fsp3) is 0.308. The number of carbonyl (C=O) groups is 1. The molecule has 0 radical (unpaired) electrons. The van der Waals surface area contributed by atoms with Crippen molar-refractivity contribution in [1.82, 2.24) is 10.2 Å². The van der Waals surface area contributed by atoms with Crippen LogP contribution in [0.2, 0.25) is 5.02 Å². The van der Waals surface area contributed by atoms with Crippen LogP contribution in [-0.4, -0.2) is 47.4 Å². The molecule has 0 heterocycles. The average Bonchev–Trinajstić information content (AvgIpc) is 2.40. The molecule has 2 amide bonds. The minimum Gasteiger partial charge on any atom is -0.395 e. The van der Waals surface area contributed by atoms with Crippen LogP contribution in [0.25, 0.3) is 6.08 Å². The molecule has 0 aliphatic carbocycles. The lowest BCUT2D eigenvalue weighted by molar-refractivity contribution is 0.161. The van der Waals surface area contributed by atoms with Crippen LogP contribution >= 0.6 is 11.6 Å². The van der Waals surface area contributed by atoms with Gasteiger partial charge in [-0.25, -0.2) is 4.79 Å². The van der Waals surface area contributed by atoms with Crippen LogP contribution in [0.4, 0.5) is 4.79 Å². The highest BCUT2D eigenvalue weighted by molar-refractivity contribution is 6.30. The van der Waals surface area contributed by atoms with Crippen molar-refractivity contribution in [1.29, 1.82) is 0 Å². The summed E-state index contributed by atoms with van der Waals surface area (Å²) in [7, 11) is 0. The predicted octanol–water partition coefficient (Wildman–Crippen LogP) is 1.31. The van der Waals surface area contributed by atoms with Crippen LogP contribution in [0.3, 0.4) is 0 Å². The predicted molar refractivity (Wildman–Crippen MR) is 74.8 cm³/mol. The minimum atomic E-state index is -0.367. The van der Waals surface area contributed by atoms with Gasteiger partial charge in [0.2, 0.25) is 0 Å². The van der Waals surface area contributed by atoms with Gasteiger partial charge in [0.25, 0.3) is 0 Å². The summed E-state index contributed by atoms with van der Waals surface area (Å²) in [6, 6.07) is 6.79. The molecule has 104 valence electrons. The maximum absolute atomic E-state index is 11.7. The zero-order valence-electron chi connectivity index (χ0n) is 10.4. The summed E-state index contributed by atoms with van der Waals surface area (Å²) in [6.45, 7) is 0.0744. The van der Waals surface area contributed by atoms with E-state index in [4.69, 9.17) is 21.8 Å². The number of benzene rings is 1. The lowest BCUT2D eigenvalue weighted by Gasteiger charge is -2.19. The van der Waals surface area contributed by atoms with Crippen molar-refractivity contribution in [3.63, 3.8) is 0 Å². The number of aliphatic hydroxyl groups is 2. The van der Waals surface area contributed by atoms with E-state index < -0.39 is 0 Å². The van der Waals surface area contributed by atoms with Crippen molar-refractivity contribution in [3.05, 3.63) is 41.1 Å². The van der Waals surface area contributed by atoms with Crippen molar-refractivity contribution >= 4 is 23.7 Å². The molecule has 1 rings (SSSR count). The van der Waals surface area contributed by atoms with Crippen LogP contribution in [0.5, 0.6) is 0 Å². The molecule has 0 spiro atoms. The van der Waals surface area contributed by atoms with E-state index in [-0.39, 0.29) is 32.3 Å². The summed E-state index contributed by atoms with van der Waals surface area (Å²) in [5.74, 6) is 0. The summed E-state index contributed by atoms with van der Waals surface area (Å²) in [6.07, 6.45) is 3.23. The minimum absolute atomic E-state index is 0.145. The Morgan fingerprint density at radius 3 is 2.32 bits per heavy atom. The van der Waals surface area contributed by atoms with Crippen LogP contribution in [0.15, 0.2) is 30.5 Å². The molecule has 6 heteroatoms. The van der Waals surface area contributed by atoms with E-state index in [1.807, 2.05) is 12.1 Å². The summed E-state index contributed by atoms with van der Waals surface area (Å²) in [5, 5.41) is 20.8. The van der Waals surface area contributed by atoms with Gasteiger partial charge in [-0.05, 0) is 23.8 Å². The number of hydrogen-bond acceptors (Lipinski definition) is 3. The molecular formula is C13H17ClN2O3. The number of halogens is 1. The standard InChI is InChI=1S/C13H17ClN2O3/c14-12-3-1-11(2-4-12)5-6-15-13(19)16(7-9-17)8-10-18/h1-6,17-18H,7-10H2,(H,15,19)/b6-5+. The number of aliphatic hydroxyl groups excluding tert-OH is 2. The number of urea groups is 1. The molecular weight excluding hydrogens is 268 g/mol. The van der Waals surface area contributed by atoms with E-state index >= 15 is 0 Å². The van der Waals surface area contributed by atoms with Gasteiger partial charge in [-0.1, -0.05) is 23.7 Å². The quantitative estimate of drug-likeness (QED) is 0.737. The van der Waals surface area contributed by atoms with Crippen molar-refractivity contribution in [2.75, 3.05) is 26.3 Å². The second-order valence-corrected chi connectivity index (χ2v) is 4.21. The van der Waals surface area contributed by atoms with Crippen molar-refractivity contribution in [3.8, 4) is 0 Å². The molecule has 0 aromatic heterocycles. The Bertz CT molecular complexity index is 414. The van der Waals surface area contributed by atoms with Gasteiger partial charge in [-0.3, -0.25) is 0 Å². The number of hydrogen-bond donors (Lipinski definition) is 3. The molecule has 3 N–H and O–H groups in total. The molecule has 0 fully saturated rings. The van der Waals surface area contributed by atoms with Gasteiger partial charge in [0, 0.05) is 24.3 Å². The molecule has 19 heavy (non-hydrogen) atoms. The Kier molecular flexibility index (Phi) is 6.95. The number of amides is 2. The van der Waals surface area contributed by atoms with Gasteiger partial charge in [-0.2, -0.15) is 0 Å². The van der Waals surface area contributed by atoms with Gasteiger partial charge in [0.05, 0.1) is 13.2 Å². The number of carbonyl (C=O) groups excluding carboxylic acids is 1. The summed E-state index contributed by atoms with van der Waals surface area (Å²) in [5.41, 5.74) is 0.903. The summed E-state index contributed by atoms with van der Waals surface area (Å²) >= 11 is 5.76. The highest BCUT2D eigenvalue weighted by Crippen LogP contribution is 2.10. The molecule has 0 bridgehead atoms. The smallest absolute Gasteiger partial charge is 0.321 e. The SMILES string of the molecule is O=C(N/C=C/c1ccc(Cl)cc1)N(CCO)CCO. The third-order valence-electron chi connectivity index (χ3n) is 2.38. The Hall–Kier alpha value is -1.56. The lowest BCUT2D eigenvalue weighted by atomic mass is 10.2. The van der Waals surface area contributed by atoms with Crippen molar-refractivity contribution < 1.29 is 15.0 Å². The van der Waals surface area contributed by atoms with Gasteiger partial charge in [-0.15, -0.1) is 0 Å². The molecule has 1 aromatic rings. The van der Waals surface area contributed by atoms with Gasteiger partial charge in [0.15, 0.2) is 0 Å². The largest absolute Gasteiger partial charge is 0.395 e. The topological polar surface area (TPSA) is 72.8 Å². The normalized spacial score (nSPS) is 10.7. The van der Waals surface area contributed by atoms with Gasteiger partial charge >= 0.3 is 6.03 Å². The first-order valence-electron chi connectivity index (χ1n) is 5.86. The lowest BCUT2D eigenvalue weighted by Crippen LogP contribution is -2.41. The number of rotatable bonds is 6. The summed E-state index contributed by atoms with van der Waals surface area (Å²) < 4.78 is 0. The van der Waals surface area contributed by atoms with Gasteiger partial charge < -0.3 is 20.4 Å². The van der Waals surface area contributed by atoms with Crippen molar-refractivity contribution in [2.24, 2.45) is 0 Å². The van der Waals surface area contributed by atoms with E-state index in [0.717, 1.165) is 5.56 Å². The number of nitrogens with one attached hydrogen (secondary N) is 1. The molecule has 0 unspecified atom stereocenters. The third kappa shape index (κ3) is 5.74. The molecule has 1 aromatic carbocycles. The maximum Gasteiger partial charge on any atom is 0.321 e.